The summed E-state index contributed by atoms with van der Waals surface area (Å²) in [6.07, 6.45) is -37.8. The van der Waals surface area contributed by atoms with Gasteiger partial charge in [-0.05, 0) is 60.6 Å². The molecule has 0 bridgehead atoms. The van der Waals surface area contributed by atoms with Crippen LogP contribution >= 0.6 is 17.4 Å². The molecule has 38 heteroatoms. The Bertz CT molecular complexity index is 3110. The number of aliphatic hydroxyl groups is 10. The van der Waals surface area contributed by atoms with Gasteiger partial charge >= 0.3 is 41.3 Å². The van der Waals surface area contributed by atoms with Gasteiger partial charge in [0.05, 0.1) is 88.4 Å². The first-order valence-corrected chi connectivity index (χ1v) is 35.7. The van der Waals surface area contributed by atoms with E-state index in [0.717, 1.165) is 0 Å². The van der Waals surface area contributed by atoms with Crippen LogP contribution in [0.15, 0.2) is 91.0 Å². The summed E-state index contributed by atoms with van der Waals surface area (Å²) in [4.78, 5) is 53.3. The van der Waals surface area contributed by atoms with E-state index in [2.05, 4.69) is 9.35 Å². The number of aliphatic hydroxyl groups excluding tert-OH is 10. The lowest BCUT2D eigenvalue weighted by Crippen LogP contribution is -2.66. The van der Waals surface area contributed by atoms with Crippen LogP contribution in [0.1, 0.15) is 85.5 Å². The summed E-state index contributed by atoms with van der Waals surface area (Å²) in [5.74, 6) is -6.01. The van der Waals surface area contributed by atoms with Crippen molar-refractivity contribution in [3.8, 4) is 0 Å². The number of hydrogen-bond acceptors (Lipinski definition) is 36. The SMILES string of the molecule is COC(=O)CCCO[C@@H]1OC(CO[C@H]2OC(CO[C@H]3OC(CO)[C@@H](O)[C@H](O)C3O[C@H]3OC(CO)[C@@H](C)[C@H](C)C3OC(=O)c3ccccc3)[C@@H](C)[C@H](C)C2OC(=O)c2ccccc2)[C@@H](O)[C@H](O[C@H]2OC(CO)[C@@H](O)[C@H](O)C2O[C@H]2OC(CO)[C@@H](C)[C@H](C)C2OC(=O)c2ccccc2)C1O.O=POO.O=POO. The molecule has 36 nitrogen and oxygen atoms in total. The fourth-order valence-corrected chi connectivity index (χ4v) is 12.9. The van der Waals surface area contributed by atoms with E-state index in [0.29, 0.717) is 0 Å². The number of benzene rings is 3. The van der Waals surface area contributed by atoms with Gasteiger partial charge in [0.25, 0.3) is 0 Å². The molecule has 6 fully saturated rings. The van der Waals surface area contributed by atoms with Gasteiger partial charge in [0, 0.05) is 24.2 Å². The number of carbonyl (C=O) groups is 4. The number of ether oxygens (including phenoxy) is 16. The van der Waals surface area contributed by atoms with E-state index in [1.54, 1.807) is 108 Å². The standard InChI is InChI=1S/C68H94O30.2HO3P/c1-32-35(4)55(94-61(81)39-20-13-9-14-21-39)66(87-41(32)26-69)97-58-51(77)48(74)43(28-71)89-65(58)85-30-45-34(3)37(6)54(93-60(80)38-18-11-8-12-19-38)64(91-45)86-31-46-50(76)57(53(79)63(92-46)84-25-17-24-47(73)83-7)96-68-59(52(78)49(75)44(29-72)90-68)98-67-56(36(5)33(2)42(27-70)88-67)95-62(82)40-22-15-10-16-23-40;2*1-3-4-2/h8-16,18-23,32-37,41-46,48-59,63-72,74-79H,17,24-31H2,1-7H3;2*1H/t32-,33-,34-,35-,36-,37-,41?,42?,43?,44?,45?,46?,48+,49+,50+,51-,52-,53?,54?,55?,56?,57-,58?,59?,63+,64-,65-,66+,67+,68+;;/m0../s1. The highest BCUT2D eigenvalue weighted by atomic mass is 31.1. The maximum atomic E-state index is 14.0. The molecule has 6 aliphatic heterocycles. The Morgan fingerprint density at radius 1 is 0.377 bits per heavy atom. The number of rotatable bonds is 29. The summed E-state index contributed by atoms with van der Waals surface area (Å²) in [7, 11) is -0.193. The quantitative estimate of drug-likeness (QED) is 0.0117. The lowest BCUT2D eigenvalue weighted by molar-refractivity contribution is -0.387. The molecular weight excluding hydrogens is 1450 g/mol. The van der Waals surface area contributed by atoms with Crippen LogP contribution in [0.4, 0.5) is 0 Å². The van der Waals surface area contributed by atoms with Crippen molar-refractivity contribution in [2.45, 2.75) is 202 Å². The summed E-state index contributed by atoms with van der Waals surface area (Å²) in [6.45, 7) is 6.58. The third kappa shape index (κ3) is 22.7. The van der Waals surface area contributed by atoms with Gasteiger partial charge in [0.15, 0.2) is 56.1 Å². The Hall–Kier alpha value is -5.30. The first-order valence-electron chi connectivity index (χ1n) is 34.2. The number of methoxy groups -OCH3 is 1. The molecule has 0 radical (unpaired) electrons. The molecule has 3 aromatic rings. The predicted octanol–water partition coefficient (Wildman–Crippen LogP) is 1.49. The summed E-state index contributed by atoms with van der Waals surface area (Å²) in [5.41, 5.74) is 0.568. The Morgan fingerprint density at radius 2 is 0.698 bits per heavy atom. The third-order valence-electron chi connectivity index (χ3n) is 19.8. The second-order valence-electron chi connectivity index (χ2n) is 26.1. The molecule has 0 spiro atoms. The molecule has 12 unspecified atom stereocenters. The maximum Gasteiger partial charge on any atom is 0.358 e. The highest BCUT2D eigenvalue weighted by Gasteiger charge is 2.57. The third-order valence-corrected chi connectivity index (χ3v) is 19.9. The van der Waals surface area contributed by atoms with Crippen LogP contribution in [0.2, 0.25) is 0 Å². The molecule has 12 N–H and O–H groups in total. The Morgan fingerprint density at radius 3 is 1.09 bits per heavy atom. The Kier molecular flexibility index (Phi) is 35.9. The zero-order valence-corrected chi connectivity index (χ0v) is 60.7. The van der Waals surface area contributed by atoms with Crippen LogP contribution in [-0.4, -0.2) is 286 Å². The van der Waals surface area contributed by atoms with Crippen molar-refractivity contribution in [2.75, 3.05) is 53.4 Å². The largest absolute Gasteiger partial charge is 0.469 e. The van der Waals surface area contributed by atoms with Gasteiger partial charge in [-0.2, -0.15) is 0 Å². The smallest absolute Gasteiger partial charge is 0.358 e. The van der Waals surface area contributed by atoms with E-state index < -0.39 is 258 Å². The fraction of sp³-hybridized carbons (Fsp3) is 0.676. The van der Waals surface area contributed by atoms with Crippen LogP contribution in [0.5, 0.6) is 0 Å². The van der Waals surface area contributed by atoms with Crippen LogP contribution < -0.4 is 0 Å². The van der Waals surface area contributed by atoms with E-state index >= 15 is 0 Å². The van der Waals surface area contributed by atoms with E-state index in [4.69, 9.17) is 95.4 Å². The van der Waals surface area contributed by atoms with E-state index in [9.17, 15) is 70.2 Å². The molecule has 6 saturated heterocycles. The zero-order valence-electron chi connectivity index (χ0n) is 58.9. The fourth-order valence-electron chi connectivity index (χ4n) is 12.9. The first-order chi connectivity index (χ1) is 50.8. The number of carbonyl (C=O) groups excluding carboxylic acids is 4. The molecule has 6 aliphatic rings. The summed E-state index contributed by atoms with van der Waals surface area (Å²) in [6, 6.07) is 24.2. The first kappa shape index (κ1) is 87.9. The van der Waals surface area contributed by atoms with Gasteiger partial charge in [-0.3, -0.25) is 4.79 Å². The van der Waals surface area contributed by atoms with Crippen molar-refractivity contribution in [3.63, 3.8) is 0 Å². The lowest BCUT2D eigenvalue weighted by Gasteiger charge is -2.49. The van der Waals surface area contributed by atoms with Gasteiger partial charge in [-0.1, -0.05) is 96.1 Å². The molecule has 0 aromatic heterocycles. The van der Waals surface area contributed by atoms with Gasteiger partial charge in [0.1, 0.15) is 73.2 Å². The highest BCUT2D eigenvalue weighted by Crippen LogP contribution is 2.41. The van der Waals surface area contributed by atoms with Crippen LogP contribution in [-0.2, 0) is 99.1 Å². The van der Waals surface area contributed by atoms with E-state index in [1.165, 1.54) is 31.4 Å². The van der Waals surface area contributed by atoms with Crippen molar-refractivity contribution >= 4 is 41.3 Å². The van der Waals surface area contributed by atoms with Gasteiger partial charge in [0.2, 0.25) is 0 Å². The average molecular weight is 1550 g/mol. The number of esters is 4. The van der Waals surface area contributed by atoms with Crippen molar-refractivity contribution in [2.24, 2.45) is 35.5 Å². The van der Waals surface area contributed by atoms with Gasteiger partial charge in [-0.15, -0.1) is 9.35 Å². The minimum atomic E-state index is -1.99. The van der Waals surface area contributed by atoms with E-state index in [-0.39, 0.29) is 42.1 Å². The second-order valence-corrected chi connectivity index (χ2v) is 26.8. The van der Waals surface area contributed by atoms with E-state index in [1.807, 2.05) is 0 Å². The molecular formula is C68H96O36P2. The molecule has 106 heavy (non-hydrogen) atoms. The van der Waals surface area contributed by atoms with Crippen LogP contribution in [0.25, 0.3) is 0 Å². The van der Waals surface area contributed by atoms with Crippen LogP contribution in [0.3, 0.4) is 0 Å². The lowest BCUT2D eigenvalue weighted by atomic mass is 9.83. The Labute approximate surface area is 612 Å². The molecule has 30 atom stereocenters. The summed E-state index contributed by atoms with van der Waals surface area (Å²) < 4.78 is 122. The number of hydrogen-bond donors (Lipinski definition) is 12. The maximum absolute atomic E-state index is 14.0. The zero-order chi connectivity index (χ0) is 77.5. The minimum Gasteiger partial charge on any atom is -0.469 e. The normalized spacial score (nSPS) is 37.4. The minimum absolute atomic E-state index is 0.0479. The molecule has 9 rings (SSSR count). The molecule has 3 aromatic carbocycles. The molecule has 594 valence electrons. The molecule has 0 aliphatic carbocycles. The topological polar surface area (TPSA) is 511 Å². The van der Waals surface area contributed by atoms with Crippen molar-refractivity contribution in [1.82, 2.24) is 0 Å². The highest BCUT2D eigenvalue weighted by molar-refractivity contribution is 7.17. The molecule has 0 saturated carbocycles. The van der Waals surface area contributed by atoms with Crippen molar-refractivity contribution in [3.05, 3.63) is 108 Å². The van der Waals surface area contributed by atoms with Crippen molar-refractivity contribution in [1.29, 1.82) is 0 Å². The van der Waals surface area contributed by atoms with Crippen LogP contribution in [0, 0.1) is 35.5 Å². The Balaban J connectivity index is 0.00000186. The average Bonchev–Trinajstić information content (AvgIpc) is 0.777. The molecule has 6 heterocycles. The predicted molar refractivity (Wildman–Crippen MR) is 355 cm³/mol. The monoisotopic (exact) mass is 1550 g/mol. The second kappa shape index (κ2) is 43.3. The van der Waals surface area contributed by atoms with Crippen molar-refractivity contribution < 1.29 is 175 Å². The summed E-state index contributed by atoms with van der Waals surface area (Å²) in [5, 5.41) is 127. The van der Waals surface area contributed by atoms with Gasteiger partial charge < -0.3 is 127 Å². The summed E-state index contributed by atoms with van der Waals surface area (Å²) >= 11 is 0. The van der Waals surface area contributed by atoms with Gasteiger partial charge in [-0.25, -0.2) is 34.0 Å². The molecule has 0 amide bonds.